The van der Waals surface area contributed by atoms with Crippen molar-refractivity contribution in [3.05, 3.63) is 53.3 Å². The van der Waals surface area contributed by atoms with Crippen LogP contribution in [0.1, 0.15) is 23.2 Å². The summed E-state index contributed by atoms with van der Waals surface area (Å²) in [6.07, 6.45) is 3.37. The molecule has 0 bridgehead atoms. The van der Waals surface area contributed by atoms with Gasteiger partial charge < -0.3 is 4.90 Å². The van der Waals surface area contributed by atoms with Crippen LogP contribution >= 0.6 is 0 Å². The fourth-order valence-electron chi connectivity index (χ4n) is 3.08. The number of hydrogen-bond donors (Lipinski definition) is 0. The zero-order valence-corrected chi connectivity index (χ0v) is 15.2. The Kier molecular flexibility index (Phi) is 4.56. The molecule has 1 aliphatic heterocycles. The van der Waals surface area contributed by atoms with Crippen LogP contribution < -0.4 is 4.90 Å². The Balaban J connectivity index is 2.06. The van der Waals surface area contributed by atoms with Crippen LogP contribution in [0, 0.1) is 6.92 Å². The van der Waals surface area contributed by atoms with Crippen molar-refractivity contribution in [3.63, 3.8) is 0 Å². The molecule has 26 heavy (non-hydrogen) atoms. The lowest BCUT2D eigenvalue weighted by molar-refractivity contribution is -0.144. The number of benzene rings is 1. The number of fused-ring (bicyclic) bond motifs is 1. The van der Waals surface area contributed by atoms with Crippen LogP contribution in [0.25, 0.3) is 0 Å². The maximum Gasteiger partial charge on any atom is 0.366 e. The third-order valence-corrected chi connectivity index (χ3v) is 5.53. The topological polar surface area (TPSA) is 67.3 Å². The lowest BCUT2D eigenvalue weighted by atomic mass is 10.00. The molecule has 0 fully saturated rings. The Morgan fingerprint density at radius 3 is 2.65 bits per heavy atom. The Morgan fingerprint density at radius 1 is 1.27 bits per heavy atom. The molecule has 1 aliphatic rings. The molecule has 1 aromatic heterocycles. The van der Waals surface area contributed by atoms with Crippen LogP contribution in [0.2, 0.25) is 0 Å². The molecule has 138 valence electrons. The van der Waals surface area contributed by atoms with Crippen LogP contribution in [0.15, 0.2) is 41.4 Å². The molecule has 0 unspecified atom stereocenters. The summed E-state index contributed by atoms with van der Waals surface area (Å²) in [6, 6.07) is 7.30. The lowest BCUT2D eigenvalue weighted by Crippen LogP contribution is -2.45. The summed E-state index contributed by atoms with van der Waals surface area (Å²) in [5.41, 5.74) is 0.521. The number of anilines is 1. The van der Waals surface area contributed by atoms with E-state index < -0.39 is 27.4 Å². The largest absolute Gasteiger partial charge is 0.366 e. The number of nitrogens with zero attached hydrogens (tertiary/aromatic N) is 2. The average Bonchev–Trinajstić information content (AvgIpc) is 2.59. The predicted molar refractivity (Wildman–Crippen MR) is 93.1 cm³/mol. The van der Waals surface area contributed by atoms with E-state index in [2.05, 4.69) is 4.98 Å². The summed E-state index contributed by atoms with van der Waals surface area (Å²) in [6.45, 7) is 1.57. The van der Waals surface area contributed by atoms with Gasteiger partial charge in [-0.05, 0) is 49.1 Å². The molecule has 0 N–H and O–H groups in total. The van der Waals surface area contributed by atoms with Gasteiger partial charge in [0.1, 0.15) is 5.69 Å². The van der Waals surface area contributed by atoms with Crippen molar-refractivity contribution < 1.29 is 22.0 Å². The lowest BCUT2D eigenvalue weighted by Gasteiger charge is -2.32. The van der Waals surface area contributed by atoms with Gasteiger partial charge in [0.2, 0.25) is 0 Å². The summed E-state index contributed by atoms with van der Waals surface area (Å²) < 4.78 is 53.3. The van der Waals surface area contributed by atoms with Gasteiger partial charge in [-0.2, -0.15) is 8.78 Å². The van der Waals surface area contributed by atoms with Gasteiger partial charge in [0.25, 0.3) is 0 Å². The smallest absolute Gasteiger partial charge is 0.306 e. The van der Waals surface area contributed by atoms with Gasteiger partial charge in [0, 0.05) is 24.7 Å². The van der Waals surface area contributed by atoms with Gasteiger partial charge in [-0.15, -0.1) is 0 Å². The number of alkyl halides is 2. The highest BCUT2D eigenvalue weighted by Gasteiger charge is 2.47. The zero-order chi connectivity index (χ0) is 19.1. The number of rotatable bonds is 3. The third kappa shape index (κ3) is 3.21. The molecule has 0 spiro atoms. The fraction of sp³-hybridized carbons (Fsp3) is 0.333. The normalized spacial score (nSPS) is 14.8. The van der Waals surface area contributed by atoms with E-state index >= 15 is 0 Å². The van der Waals surface area contributed by atoms with E-state index in [0.717, 1.165) is 11.2 Å². The second-order valence-corrected chi connectivity index (χ2v) is 8.38. The van der Waals surface area contributed by atoms with Crippen molar-refractivity contribution in [2.24, 2.45) is 0 Å². The van der Waals surface area contributed by atoms with Crippen molar-refractivity contribution >= 4 is 21.4 Å². The molecule has 3 rings (SSSR count). The third-order valence-electron chi connectivity index (χ3n) is 4.42. The predicted octanol–water partition coefficient (Wildman–Crippen LogP) is 2.86. The Labute approximate surface area is 150 Å². The number of amides is 1. The molecular weight excluding hydrogens is 362 g/mol. The first-order chi connectivity index (χ1) is 12.1. The molecule has 0 saturated heterocycles. The standard InChI is InChI=1S/C18H18F2N2O3S/c1-12-5-3-9-21-16(12)18(19,20)17(23)22-10-4-6-13-7-8-14(11-15(13)22)26(2,24)25/h3,5,7-9,11H,4,6,10H2,1-2H3. The number of pyridine rings is 1. The van der Waals surface area contributed by atoms with Crippen LogP contribution in [0.3, 0.4) is 0 Å². The number of sulfone groups is 1. The minimum absolute atomic E-state index is 0.00622. The Hall–Kier alpha value is -2.35. The summed E-state index contributed by atoms with van der Waals surface area (Å²) in [5.74, 6) is -5.20. The summed E-state index contributed by atoms with van der Waals surface area (Å²) in [7, 11) is -3.52. The maximum absolute atomic E-state index is 14.9. The molecule has 1 amide bonds. The van der Waals surface area contributed by atoms with Gasteiger partial charge >= 0.3 is 11.8 Å². The van der Waals surface area contributed by atoms with Crippen LogP contribution in [0.5, 0.6) is 0 Å². The van der Waals surface area contributed by atoms with Crippen molar-refractivity contribution in [3.8, 4) is 0 Å². The van der Waals surface area contributed by atoms with Crippen molar-refractivity contribution in [2.45, 2.75) is 30.6 Å². The minimum Gasteiger partial charge on any atom is -0.306 e. The molecule has 0 saturated carbocycles. The maximum atomic E-state index is 14.9. The van der Waals surface area contributed by atoms with E-state index in [1.165, 1.54) is 37.4 Å². The van der Waals surface area contributed by atoms with Crippen molar-refractivity contribution in [1.82, 2.24) is 4.98 Å². The van der Waals surface area contributed by atoms with Gasteiger partial charge in [0.15, 0.2) is 9.84 Å². The van der Waals surface area contributed by atoms with E-state index in [1.54, 1.807) is 6.07 Å². The first-order valence-corrected chi connectivity index (χ1v) is 9.96. The second-order valence-electron chi connectivity index (χ2n) is 6.37. The summed E-state index contributed by atoms with van der Waals surface area (Å²) in [4.78, 5) is 17.3. The van der Waals surface area contributed by atoms with Gasteiger partial charge in [-0.1, -0.05) is 12.1 Å². The zero-order valence-electron chi connectivity index (χ0n) is 14.4. The van der Waals surface area contributed by atoms with Crippen molar-refractivity contribution in [2.75, 3.05) is 17.7 Å². The molecular formula is C18H18F2N2O3S. The average molecular weight is 380 g/mol. The monoisotopic (exact) mass is 380 g/mol. The number of aryl methyl sites for hydroxylation is 2. The van der Waals surface area contributed by atoms with Crippen LogP contribution in [0.4, 0.5) is 14.5 Å². The first-order valence-electron chi connectivity index (χ1n) is 8.07. The SMILES string of the molecule is Cc1cccnc1C(F)(F)C(=O)N1CCCc2ccc(S(C)(=O)=O)cc21. The molecule has 8 heteroatoms. The molecule has 1 aromatic carbocycles. The Morgan fingerprint density at radius 2 is 2.00 bits per heavy atom. The molecule has 0 aliphatic carbocycles. The Bertz CT molecular complexity index is 974. The molecule has 0 atom stereocenters. The van der Waals surface area contributed by atoms with E-state index in [-0.39, 0.29) is 22.7 Å². The first kappa shape index (κ1) is 18.4. The number of hydrogen-bond acceptors (Lipinski definition) is 4. The highest BCUT2D eigenvalue weighted by atomic mass is 32.2. The van der Waals surface area contributed by atoms with E-state index in [1.807, 2.05) is 0 Å². The van der Waals surface area contributed by atoms with Crippen molar-refractivity contribution in [1.29, 1.82) is 0 Å². The molecule has 2 heterocycles. The molecule has 5 nitrogen and oxygen atoms in total. The highest BCUT2D eigenvalue weighted by molar-refractivity contribution is 7.90. The van der Waals surface area contributed by atoms with Crippen LogP contribution in [-0.4, -0.2) is 32.1 Å². The summed E-state index contributed by atoms with van der Waals surface area (Å²) >= 11 is 0. The number of carbonyl (C=O) groups is 1. The van der Waals surface area contributed by atoms with Gasteiger partial charge in [0.05, 0.1) is 4.90 Å². The second kappa shape index (κ2) is 6.42. The van der Waals surface area contributed by atoms with E-state index in [4.69, 9.17) is 0 Å². The fourth-order valence-corrected chi connectivity index (χ4v) is 3.72. The van der Waals surface area contributed by atoms with E-state index in [9.17, 15) is 22.0 Å². The quantitative estimate of drug-likeness (QED) is 0.821. The number of aromatic nitrogens is 1. The van der Waals surface area contributed by atoms with Crippen LogP contribution in [-0.2, 0) is 27.0 Å². The van der Waals surface area contributed by atoms with E-state index in [0.29, 0.717) is 18.4 Å². The minimum atomic E-state index is -3.80. The number of carbonyl (C=O) groups excluding carboxylic acids is 1. The molecule has 2 aromatic rings. The van der Waals surface area contributed by atoms with Gasteiger partial charge in [-0.25, -0.2) is 8.42 Å². The number of halogens is 2. The van der Waals surface area contributed by atoms with Gasteiger partial charge in [-0.3, -0.25) is 9.78 Å². The highest BCUT2D eigenvalue weighted by Crippen LogP contribution is 2.36. The summed E-state index contributed by atoms with van der Waals surface area (Å²) in [5, 5.41) is 0. The molecule has 0 radical (unpaired) electrons.